The lowest BCUT2D eigenvalue weighted by Crippen LogP contribution is -2.49. The quantitative estimate of drug-likeness (QED) is 0.647. The van der Waals surface area contributed by atoms with Crippen molar-refractivity contribution in [1.29, 1.82) is 0 Å². The van der Waals surface area contributed by atoms with Crippen LogP contribution in [0.25, 0.3) is 11.1 Å². The fourth-order valence-corrected chi connectivity index (χ4v) is 5.31. The first kappa shape index (κ1) is 22.2. The second-order valence-corrected chi connectivity index (χ2v) is 9.35. The number of carbonyl (C=O) groups is 1. The van der Waals surface area contributed by atoms with Crippen molar-refractivity contribution in [2.75, 3.05) is 44.4 Å². The van der Waals surface area contributed by atoms with E-state index in [0.717, 1.165) is 87.6 Å². The van der Waals surface area contributed by atoms with Crippen molar-refractivity contribution in [3.05, 3.63) is 48.2 Å². The number of carbonyl (C=O) groups excluding carboxylic acids is 1. The van der Waals surface area contributed by atoms with Crippen molar-refractivity contribution in [1.82, 2.24) is 14.9 Å². The van der Waals surface area contributed by atoms with Gasteiger partial charge >= 0.3 is 6.09 Å². The van der Waals surface area contributed by atoms with E-state index in [1.807, 2.05) is 11.1 Å². The van der Waals surface area contributed by atoms with Gasteiger partial charge in [0.05, 0.1) is 19.8 Å². The van der Waals surface area contributed by atoms with E-state index in [1.165, 1.54) is 6.42 Å². The molecule has 7 nitrogen and oxygen atoms in total. The summed E-state index contributed by atoms with van der Waals surface area (Å²) in [6, 6.07) is 12.7. The minimum absolute atomic E-state index is 0.165. The highest BCUT2D eigenvalue weighted by atomic mass is 16.6. The standard InChI is InChI=1S/C26H34N4O3/c1-2-30(29-14-16-32-17-15-29)24-11-10-23(18-27-24)22-8-6-21(7-9-22)19-28-20-26(33-25(28)31)12-4-3-5-13-26/h6-11,18H,2-5,12-17,19-20H2,1H3. The number of amides is 1. The van der Waals surface area contributed by atoms with Gasteiger partial charge in [0.25, 0.3) is 0 Å². The Kier molecular flexibility index (Phi) is 6.51. The first-order valence-electron chi connectivity index (χ1n) is 12.3. The number of pyridine rings is 1. The summed E-state index contributed by atoms with van der Waals surface area (Å²) in [7, 11) is 0. The van der Waals surface area contributed by atoms with E-state index in [-0.39, 0.29) is 11.7 Å². The number of morpholine rings is 1. The van der Waals surface area contributed by atoms with Crippen LogP contribution in [-0.2, 0) is 16.0 Å². The third-order valence-electron chi connectivity index (χ3n) is 7.11. The molecule has 2 aromatic rings. The van der Waals surface area contributed by atoms with Crippen molar-refractivity contribution < 1.29 is 14.3 Å². The van der Waals surface area contributed by atoms with Gasteiger partial charge in [0.2, 0.25) is 0 Å². The first-order chi connectivity index (χ1) is 16.2. The second kappa shape index (κ2) is 9.69. The Morgan fingerprint density at radius 1 is 1.00 bits per heavy atom. The van der Waals surface area contributed by atoms with Crippen LogP contribution in [-0.4, -0.2) is 66.0 Å². The van der Waals surface area contributed by atoms with E-state index in [9.17, 15) is 4.79 Å². The molecule has 1 saturated carbocycles. The maximum absolute atomic E-state index is 12.4. The molecule has 1 aromatic carbocycles. The van der Waals surface area contributed by atoms with Crippen molar-refractivity contribution in [3.63, 3.8) is 0 Å². The van der Waals surface area contributed by atoms with Crippen LogP contribution >= 0.6 is 0 Å². The zero-order chi connectivity index (χ0) is 22.7. The van der Waals surface area contributed by atoms with Gasteiger partial charge in [-0.3, -0.25) is 9.91 Å². The number of aromatic nitrogens is 1. The Bertz CT molecular complexity index is 935. The van der Waals surface area contributed by atoms with Gasteiger partial charge < -0.3 is 9.47 Å². The molecule has 176 valence electrons. The smallest absolute Gasteiger partial charge is 0.410 e. The van der Waals surface area contributed by atoms with Crippen LogP contribution in [0.2, 0.25) is 0 Å². The highest BCUT2D eigenvalue weighted by molar-refractivity contribution is 5.71. The van der Waals surface area contributed by atoms with Crippen LogP contribution in [0.4, 0.5) is 10.6 Å². The van der Waals surface area contributed by atoms with Gasteiger partial charge in [-0.15, -0.1) is 0 Å². The summed E-state index contributed by atoms with van der Waals surface area (Å²) in [5.41, 5.74) is 3.10. The van der Waals surface area contributed by atoms with Crippen LogP contribution in [0.1, 0.15) is 44.6 Å². The zero-order valence-electron chi connectivity index (χ0n) is 19.5. The predicted molar refractivity (Wildman–Crippen MR) is 128 cm³/mol. The van der Waals surface area contributed by atoms with Crippen molar-refractivity contribution in [2.24, 2.45) is 0 Å². The van der Waals surface area contributed by atoms with Gasteiger partial charge in [-0.2, -0.15) is 0 Å². The SMILES string of the molecule is CCN(c1ccc(-c2ccc(CN3CC4(CCCCC4)OC3=O)cc2)cn1)N1CCOCC1. The molecule has 1 aromatic heterocycles. The Morgan fingerprint density at radius 3 is 2.39 bits per heavy atom. The van der Waals surface area contributed by atoms with Crippen LogP contribution in [0, 0.1) is 0 Å². The van der Waals surface area contributed by atoms with Gasteiger partial charge in [0.1, 0.15) is 11.4 Å². The first-order valence-corrected chi connectivity index (χ1v) is 12.3. The normalized spacial score (nSPS) is 20.8. The van der Waals surface area contributed by atoms with Crippen molar-refractivity contribution in [3.8, 4) is 11.1 Å². The van der Waals surface area contributed by atoms with Crippen LogP contribution in [0.3, 0.4) is 0 Å². The van der Waals surface area contributed by atoms with Crippen molar-refractivity contribution in [2.45, 2.75) is 51.2 Å². The number of ether oxygens (including phenoxy) is 2. The molecule has 0 N–H and O–H groups in total. The Labute approximate surface area is 196 Å². The fourth-order valence-electron chi connectivity index (χ4n) is 5.31. The molecule has 3 fully saturated rings. The van der Waals surface area contributed by atoms with Gasteiger partial charge in [-0.25, -0.2) is 14.8 Å². The van der Waals surface area contributed by atoms with Gasteiger partial charge in [-0.05, 0) is 55.9 Å². The summed E-state index contributed by atoms with van der Waals surface area (Å²) in [6.07, 6.45) is 7.34. The molecular formula is C26H34N4O3. The number of hydrogen-bond acceptors (Lipinski definition) is 6. The molecular weight excluding hydrogens is 416 g/mol. The summed E-state index contributed by atoms with van der Waals surface area (Å²) >= 11 is 0. The highest BCUT2D eigenvalue weighted by Crippen LogP contribution is 2.37. The molecule has 5 rings (SSSR count). The van der Waals surface area contributed by atoms with Gasteiger partial charge in [-0.1, -0.05) is 30.7 Å². The number of anilines is 1. The maximum Gasteiger partial charge on any atom is 0.410 e. The summed E-state index contributed by atoms with van der Waals surface area (Å²) in [4.78, 5) is 19.0. The topological polar surface area (TPSA) is 58.1 Å². The lowest BCUT2D eigenvalue weighted by molar-refractivity contribution is 0.0260. The molecule has 0 bridgehead atoms. The fraction of sp³-hybridized carbons (Fsp3) is 0.538. The molecule has 0 radical (unpaired) electrons. The van der Waals surface area contributed by atoms with Gasteiger partial charge in [0, 0.05) is 37.9 Å². The Morgan fingerprint density at radius 2 is 1.73 bits per heavy atom. The largest absolute Gasteiger partial charge is 0.441 e. The number of hydrogen-bond donors (Lipinski definition) is 0. The monoisotopic (exact) mass is 450 g/mol. The van der Waals surface area contributed by atoms with Gasteiger partial charge in [0.15, 0.2) is 0 Å². The zero-order valence-corrected chi connectivity index (χ0v) is 19.5. The van der Waals surface area contributed by atoms with E-state index < -0.39 is 0 Å². The van der Waals surface area contributed by atoms with E-state index in [0.29, 0.717) is 6.54 Å². The molecule has 2 saturated heterocycles. The van der Waals surface area contributed by atoms with Crippen molar-refractivity contribution >= 4 is 11.9 Å². The number of benzene rings is 1. The highest BCUT2D eigenvalue weighted by Gasteiger charge is 2.45. The molecule has 1 amide bonds. The average Bonchev–Trinajstić information content (AvgIpc) is 3.15. The summed E-state index contributed by atoms with van der Waals surface area (Å²) in [5.74, 6) is 0.962. The second-order valence-electron chi connectivity index (χ2n) is 9.35. The lowest BCUT2D eigenvalue weighted by Gasteiger charge is -2.37. The molecule has 2 aliphatic heterocycles. The number of hydrazine groups is 1. The Balaban J connectivity index is 1.22. The summed E-state index contributed by atoms with van der Waals surface area (Å²) in [6.45, 7) is 7.65. The third-order valence-corrected chi connectivity index (χ3v) is 7.11. The van der Waals surface area contributed by atoms with E-state index in [4.69, 9.17) is 14.5 Å². The molecule has 7 heteroatoms. The lowest BCUT2D eigenvalue weighted by atomic mass is 9.85. The molecule has 0 unspecified atom stereocenters. The van der Waals surface area contributed by atoms with E-state index in [1.54, 1.807) is 0 Å². The van der Waals surface area contributed by atoms with Crippen LogP contribution in [0.5, 0.6) is 0 Å². The minimum Gasteiger partial charge on any atom is -0.441 e. The third kappa shape index (κ3) is 4.84. The molecule has 1 spiro atoms. The molecule has 3 heterocycles. The molecule has 3 aliphatic rings. The average molecular weight is 451 g/mol. The minimum atomic E-state index is -0.240. The van der Waals surface area contributed by atoms with E-state index >= 15 is 0 Å². The number of nitrogens with zero attached hydrogens (tertiary/aromatic N) is 4. The predicted octanol–water partition coefficient (Wildman–Crippen LogP) is 4.48. The molecule has 33 heavy (non-hydrogen) atoms. The number of rotatable bonds is 6. The summed E-state index contributed by atoms with van der Waals surface area (Å²) < 4.78 is 11.3. The maximum atomic E-state index is 12.4. The molecule has 0 atom stereocenters. The molecule has 1 aliphatic carbocycles. The summed E-state index contributed by atoms with van der Waals surface area (Å²) in [5, 5.41) is 4.53. The van der Waals surface area contributed by atoms with E-state index in [2.05, 4.69) is 53.3 Å². The van der Waals surface area contributed by atoms with Crippen LogP contribution < -0.4 is 5.01 Å². The van der Waals surface area contributed by atoms with Crippen LogP contribution in [0.15, 0.2) is 42.6 Å². The Hall–Kier alpha value is -2.64.